The van der Waals surface area contributed by atoms with Gasteiger partial charge in [0.1, 0.15) is 50.5 Å². The maximum atomic E-state index is 14.4. The summed E-state index contributed by atoms with van der Waals surface area (Å²) >= 11 is 0. The molecule has 4 aromatic carbocycles. The van der Waals surface area contributed by atoms with Crippen molar-refractivity contribution in [1.82, 2.24) is 0 Å². The number of Topliss-reactive ketones (excluding diaryl/α,β-unsaturated/α-hetero) is 2. The number of ether oxygens (including phenoxy) is 4. The maximum Gasteiger partial charge on any atom is 0.305 e. The minimum absolute atomic E-state index is 0.0958. The first-order valence-corrected chi connectivity index (χ1v) is 24.1. The summed E-state index contributed by atoms with van der Waals surface area (Å²) in [6.45, 7) is 9.27. The van der Waals surface area contributed by atoms with Crippen molar-refractivity contribution in [1.29, 1.82) is 0 Å². The topological polar surface area (TPSA) is 153 Å². The molecule has 3 aliphatic rings. The molecule has 12 heteroatoms. The second kappa shape index (κ2) is 22.2. The van der Waals surface area contributed by atoms with E-state index < -0.39 is 23.2 Å². The molecule has 2 aliphatic heterocycles. The molecule has 0 aromatic heterocycles. The molecule has 2 heterocycles. The van der Waals surface area contributed by atoms with Crippen LogP contribution in [0.3, 0.4) is 0 Å². The number of esters is 2. The third-order valence-electron chi connectivity index (χ3n) is 12.6. The molecule has 66 heavy (non-hydrogen) atoms. The maximum absolute atomic E-state index is 14.4. The first-order chi connectivity index (χ1) is 32.2. The summed E-state index contributed by atoms with van der Waals surface area (Å²) in [6.07, 6.45) is 17.7. The molecule has 7 rings (SSSR count). The largest absolute Gasteiger partial charge is 0.461 e. The molecule has 1 aliphatic carbocycles. The highest BCUT2D eigenvalue weighted by atomic mass is 16.6. The highest BCUT2D eigenvalue weighted by Gasteiger charge is 2.52. The summed E-state index contributed by atoms with van der Waals surface area (Å²) in [7, 11) is 0. The van der Waals surface area contributed by atoms with E-state index in [1.54, 1.807) is 0 Å². The Labute approximate surface area is 389 Å². The van der Waals surface area contributed by atoms with Gasteiger partial charge in [-0.1, -0.05) is 115 Å². The predicted molar refractivity (Wildman–Crippen MR) is 260 cm³/mol. The van der Waals surface area contributed by atoms with Gasteiger partial charge < -0.3 is 40.2 Å². The van der Waals surface area contributed by atoms with Crippen LogP contribution in [0.4, 0.5) is 22.7 Å². The van der Waals surface area contributed by atoms with Crippen molar-refractivity contribution in [2.45, 2.75) is 141 Å². The summed E-state index contributed by atoms with van der Waals surface area (Å²) < 4.78 is 23.0. The van der Waals surface area contributed by atoms with Crippen LogP contribution in [-0.4, -0.2) is 61.3 Å². The highest BCUT2D eigenvalue weighted by molar-refractivity contribution is 6.33. The first kappa shape index (κ1) is 47.6. The van der Waals surface area contributed by atoms with Gasteiger partial charge in [0.25, 0.3) is 0 Å². The zero-order chi connectivity index (χ0) is 46.5. The molecule has 348 valence electrons. The number of hydrogen-bond donors (Lipinski definition) is 4. The fraction of sp³-hybridized carbons (Fsp3) is 0.481. The number of hydrogen-bond acceptors (Lipinski definition) is 12. The summed E-state index contributed by atoms with van der Waals surface area (Å²) in [5, 5.41) is 17.1. The normalized spacial score (nSPS) is 17.0. The van der Waals surface area contributed by atoms with Crippen LogP contribution in [0.2, 0.25) is 0 Å². The molecular weight excluding hydrogens is 833 g/mol. The van der Waals surface area contributed by atoms with Crippen molar-refractivity contribution < 1.29 is 38.1 Å². The number of unbranched alkanes of at least 4 members (excludes halogenated alkanes) is 8. The monoisotopic (exact) mass is 896 g/mol. The molecule has 0 amide bonds. The molecule has 0 bridgehead atoms. The van der Waals surface area contributed by atoms with Gasteiger partial charge in [0.2, 0.25) is 5.66 Å². The van der Waals surface area contributed by atoms with Crippen LogP contribution in [0.5, 0.6) is 0 Å². The van der Waals surface area contributed by atoms with E-state index in [4.69, 9.17) is 18.9 Å². The average Bonchev–Trinajstić information content (AvgIpc) is 3.32. The molecule has 12 nitrogen and oxygen atoms in total. The first-order valence-electron chi connectivity index (χ1n) is 24.1. The summed E-state index contributed by atoms with van der Waals surface area (Å²) in [6, 6.07) is 18.8. The molecule has 1 saturated carbocycles. The van der Waals surface area contributed by atoms with Crippen LogP contribution in [-0.2, 0) is 38.1 Å². The number of rotatable bonds is 22. The Kier molecular flexibility index (Phi) is 16.0. The molecule has 0 atom stereocenters. The Morgan fingerprint density at radius 2 is 0.939 bits per heavy atom. The van der Waals surface area contributed by atoms with Crippen LogP contribution in [0.1, 0.15) is 141 Å². The number of carbonyl (C=O) groups excluding carboxylic acids is 4. The Morgan fingerprint density at radius 1 is 0.530 bits per heavy atom. The lowest BCUT2D eigenvalue weighted by molar-refractivity contribution is -0.149. The quantitative estimate of drug-likeness (QED) is 0.0257. The Bertz CT molecular complexity index is 2450. The smallest absolute Gasteiger partial charge is 0.305 e. The van der Waals surface area contributed by atoms with Crippen molar-refractivity contribution in [3.8, 4) is 24.1 Å². The van der Waals surface area contributed by atoms with E-state index in [-0.39, 0.29) is 36.7 Å². The minimum atomic E-state index is -1.22. The van der Waals surface area contributed by atoms with Crippen LogP contribution < -0.4 is 21.3 Å². The van der Waals surface area contributed by atoms with Crippen LogP contribution in [0.15, 0.2) is 60.7 Å². The number of benzene rings is 4. The molecule has 4 aromatic rings. The van der Waals surface area contributed by atoms with Crippen molar-refractivity contribution in [2.75, 3.05) is 47.7 Å². The Morgan fingerprint density at radius 3 is 1.39 bits per heavy atom. The van der Waals surface area contributed by atoms with Crippen LogP contribution in [0, 0.1) is 24.1 Å². The molecular formula is C54H64N4O8. The van der Waals surface area contributed by atoms with Gasteiger partial charge in [-0.2, -0.15) is 0 Å². The van der Waals surface area contributed by atoms with Gasteiger partial charge in [-0.25, -0.2) is 0 Å². The number of anilines is 4. The number of carbonyl (C=O) groups is 4. The minimum Gasteiger partial charge on any atom is -0.461 e. The predicted octanol–water partition coefficient (Wildman–Crippen LogP) is 10.7. The van der Waals surface area contributed by atoms with Gasteiger partial charge >= 0.3 is 11.9 Å². The standard InChI is InChI=1S/C54H64N4O8/c1-5-9-13-23-45(59)65-35-54(36-66-46(60)24-14-10-6-2)57-42-22-18-20-38-40(26-28-44(58-54)48(38)42)50-51(61)49(52(50)62)39-25-27-43-47-37(39)19-17-21-41(47)55-53(56-43,29-33-63-31-15-11-7-3)30-34-64-32-16-12-8-4/h17-22,25-28,49-50,55-58H,5-16,23-24,31-32,35-36H2,1-4H3. The van der Waals surface area contributed by atoms with Crippen molar-refractivity contribution in [3.05, 3.63) is 71.8 Å². The zero-order valence-corrected chi connectivity index (χ0v) is 38.9. The molecule has 0 unspecified atom stereocenters. The fourth-order valence-corrected chi connectivity index (χ4v) is 9.00. The third-order valence-corrected chi connectivity index (χ3v) is 12.6. The van der Waals surface area contributed by atoms with Gasteiger partial charge in [0, 0.05) is 58.2 Å². The van der Waals surface area contributed by atoms with Crippen molar-refractivity contribution in [2.24, 2.45) is 0 Å². The summed E-state index contributed by atoms with van der Waals surface area (Å²) in [5.41, 5.74) is 1.76. The van der Waals surface area contributed by atoms with E-state index in [1.807, 2.05) is 60.7 Å². The Hall–Kier alpha value is -6.40. The highest BCUT2D eigenvalue weighted by Crippen LogP contribution is 2.50. The number of ketones is 2. The van der Waals surface area contributed by atoms with Gasteiger partial charge in [-0.05, 0) is 71.8 Å². The molecule has 1 fully saturated rings. The van der Waals surface area contributed by atoms with E-state index in [0.29, 0.717) is 48.6 Å². The van der Waals surface area contributed by atoms with Gasteiger partial charge in [-0.15, -0.1) is 0 Å². The van der Waals surface area contributed by atoms with Crippen molar-refractivity contribution >= 4 is 67.8 Å². The molecule has 0 saturated heterocycles. The molecule has 0 radical (unpaired) electrons. The lowest BCUT2D eigenvalue weighted by Crippen LogP contribution is -2.56. The average molecular weight is 897 g/mol. The second-order valence-electron chi connectivity index (χ2n) is 17.7. The van der Waals surface area contributed by atoms with E-state index in [0.717, 1.165) is 110 Å². The van der Waals surface area contributed by atoms with E-state index >= 15 is 0 Å². The lowest BCUT2D eigenvalue weighted by atomic mass is 9.64. The SMILES string of the molecule is CCCCCOC#CC1(C#COCCCCC)Nc2cccc3c(C4C(=O)C(c5ccc6c7c(cccc57)NC(COC(=O)CCCCC)(COC(=O)CCCCC)N6)C4=O)ccc(c23)N1. The van der Waals surface area contributed by atoms with Gasteiger partial charge in [0.05, 0.1) is 0 Å². The third kappa shape index (κ3) is 10.7. The van der Waals surface area contributed by atoms with E-state index in [1.165, 1.54) is 0 Å². The van der Waals surface area contributed by atoms with E-state index in [2.05, 4.69) is 73.0 Å². The zero-order valence-electron chi connectivity index (χ0n) is 38.9. The van der Waals surface area contributed by atoms with Gasteiger partial charge in [-0.3, -0.25) is 19.2 Å². The number of nitrogens with one attached hydrogen (secondary N) is 4. The second-order valence-corrected chi connectivity index (χ2v) is 17.7. The summed E-state index contributed by atoms with van der Waals surface area (Å²) in [5.74, 6) is 3.40. The van der Waals surface area contributed by atoms with Crippen molar-refractivity contribution in [3.63, 3.8) is 0 Å². The van der Waals surface area contributed by atoms with Crippen LogP contribution in [0.25, 0.3) is 21.5 Å². The van der Waals surface area contributed by atoms with Crippen LogP contribution >= 0.6 is 0 Å². The lowest BCUT2D eigenvalue weighted by Gasteiger charge is -2.41. The summed E-state index contributed by atoms with van der Waals surface area (Å²) in [4.78, 5) is 54.5. The molecule has 4 N–H and O–H groups in total. The Balaban J connectivity index is 1.13. The van der Waals surface area contributed by atoms with E-state index in [9.17, 15) is 19.2 Å². The fourth-order valence-electron chi connectivity index (χ4n) is 9.00. The van der Waals surface area contributed by atoms with Gasteiger partial charge in [0.15, 0.2) is 17.2 Å². The molecule has 0 spiro atoms.